The molecule has 1 atom stereocenters. The highest BCUT2D eigenvalue weighted by atomic mass is 79.9. The molecule has 0 saturated heterocycles. The molecule has 0 radical (unpaired) electrons. The maximum Gasteiger partial charge on any atom is 0.229 e. The molecule has 0 spiro atoms. The van der Waals surface area contributed by atoms with Crippen LogP contribution in [0.5, 0.6) is 0 Å². The lowest BCUT2D eigenvalue weighted by atomic mass is 9.78. The van der Waals surface area contributed by atoms with Crippen molar-refractivity contribution in [2.45, 2.75) is 44.6 Å². The molecule has 1 aliphatic rings. The number of nitrogens with two attached hydrogens (primary N) is 1. The van der Waals surface area contributed by atoms with Gasteiger partial charge in [0.1, 0.15) is 0 Å². The van der Waals surface area contributed by atoms with Gasteiger partial charge < -0.3 is 10.3 Å². The van der Waals surface area contributed by atoms with Crippen molar-refractivity contribution >= 4 is 15.9 Å². The van der Waals surface area contributed by atoms with Crippen LogP contribution in [0.1, 0.15) is 49.0 Å². The average molecular weight is 336 g/mol. The van der Waals surface area contributed by atoms with Gasteiger partial charge in [-0.15, -0.1) is 0 Å². The predicted molar refractivity (Wildman–Crippen MR) is 80.4 cm³/mol. The Kier molecular flexibility index (Phi) is 3.42. The van der Waals surface area contributed by atoms with E-state index in [2.05, 4.69) is 44.3 Å². The van der Waals surface area contributed by atoms with Gasteiger partial charge in [-0.2, -0.15) is 4.98 Å². The number of hydrogen-bond acceptors (Lipinski definition) is 4. The minimum absolute atomic E-state index is 0.228. The zero-order valence-electron chi connectivity index (χ0n) is 11.7. The molecule has 0 amide bonds. The third kappa shape index (κ3) is 2.40. The highest BCUT2D eigenvalue weighted by molar-refractivity contribution is 9.10. The summed E-state index contributed by atoms with van der Waals surface area (Å²) in [4.78, 5) is 4.48. The van der Waals surface area contributed by atoms with Gasteiger partial charge in [-0.25, -0.2) is 0 Å². The number of benzene rings is 1. The van der Waals surface area contributed by atoms with E-state index in [1.165, 1.54) is 11.1 Å². The summed E-state index contributed by atoms with van der Waals surface area (Å²) in [7, 11) is 0. The first-order valence-electron chi connectivity index (χ1n) is 6.88. The molecule has 4 nitrogen and oxygen atoms in total. The topological polar surface area (TPSA) is 64.9 Å². The Morgan fingerprint density at radius 2 is 2.15 bits per heavy atom. The first kappa shape index (κ1) is 13.8. The van der Waals surface area contributed by atoms with Gasteiger partial charge in [-0.3, -0.25) is 0 Å². The van der Waals surface area contributed by atoms with Crippen molar-refractivity contribution in [3.8, 4) is 0 Å². The van der Waals surface area contributed by atoms with Gasteiger partial charge in [-0.1, -0.05) is 41.0 Å². The summed E-state index contributed by atoms with van der Waals surface area (Å²) in [6.45, 7) is 4.07. The molecule has 0 saturated carbocycles. The maximum absolute atomic E-state index is 6.55. The number of fused-ring (bicyclic) bond motifs is 1. The second-order valence-corrected chi connectivity index (χ2v) is 6.77. The van der Waals surface area contributed by atoms with Gasteiger partial charge in [-0.05, 0) is 42.5 Å². The normalized spacial score (nSPS) is 22.1. The van der Waals surface area contributed by atoms with Gasteiger partial charge in [0.15, 0.2) is 5.82 Å². The fraction of sp³-hybridized carbons (Fsp3) is 0.467. The van der Waals surface area contributed by atoms with Crippen LogP contribution in [0.25, 0.3) is 0 Å². The van der Waals surface area contributed by atoms with Crippen molar-refractivity contribution in [1.29, 1.82) is 0 Å². The smallest absolute Gasteiger partial charge is 0.229 e. The monoisotopic (exact) mass is 335 g/mol. The van der Waals surface area contributed by atoms with E-state index in [1.54, 1.807) is 0 Å². The van der Waals surface area contributed by atoms with E-state index in [0.29, 0.717) is 11.7 Å². The Bertz CT molecular complexity index is 638. The summed E-state index contributed by atoms with van der Waals surface area (Å²) in [5.41, 5.74) is 8.66. The van der Waals surface area contributed by atoms with Crippen LogP contribution >= 0.6 is 15.9 Å². The first-order chi connectivity index (χ1) is 9.48. The van der Waals surface area contributed by atoms with E-state index in [1.807, 2.05) is 13.8 Å². The van der Waals surface area contributed by atoms with Crippen LogP contribution in [0.2, 0.25) is 0 Å². The molecule has 2 aromatic rings. The standard InChI is InChI=1S/C15H18BrN3O/c1-9(2)13-18-14(19-20-13)15(17)6-5-10-7-12(16)4-3-11(10)8-15/h3-4,7,9H,5-6,8,17H2,1-2H3. The van der Waals surface area contributed by atoms with Crippen LogP contribution in [-0.2, 0) is 18.4 Å². The molecule has 0 aliphatic heterocycles. The van der Waals surface area contributed by atoms with E-state index in [4.69, 9.17) is 10.3 Å². The van der Waals surface area contributed by atoms with Crippen LogP contribution in [0.15, 0.2) is 27.2 Å². The molecule has 0 fully saturated rings. The first-order valence-corrected chi connectivity index (χ1v) is 7.67. The number of hydrogen-bond donors (Lipinski definition) is 1. The fourth-order valence-corrected chi connectivity index (χ4v) is 3.06. The van der Waals surface area contributed by atoms with Crippen molar-refractivity contribution in [3.05, 3.63) is 45.5 Å². The molecular weight excluding hydrogens is 318 g/mol. The third-order valence-electron chi connectivity index (χ3n) is 3.90. The Labute approximate surface area is 126 Å². The second-order valence-electron chi connectivity index (χ2n) is 5.86. The van der Waals surface area contributed by atoms with E-state index >= 15 is 0 Å². The average Bonchev–Trinajstić information content (AvgIpc) is 2.90. The molecule has 5 heteroatoms. The fourth-order valence-electron chi connectivity index (χ4n) is 2.65. The van der Waals surface area contributed by atoms with Crippen LogP contribution in [-0.4, -0.2) is 10.1 Å². The Hall–Kier alpha value is -1.20. The lowest BCUT2D eigenvalue weighted by Gasteiger charge is -2.32. The molecule has 3 rings (SSSR count). The Balaban J connectivity index is 1.92. The largest absolute Gasteiger partial charge is 0.339 e. The van der Waals surface area contributed by atoms with Crippen molar-refractivity contribution in [3.63, 3.8) is 0 Å². The number of rotatable bonds is 2. The van der Waals surface area contributed by atoms with Gasteiger partial charge in [0.25, 0.3) is 0 Å². The highest BCUT2D eigenvalue weighted by Crippen LogP contribution is 2.34. The SMILES string of the molecule is CC(C)c1nc(C2(N)CCc3cc(Br)ccc3C2)no1. The van der Waals surface area contributed by atoms with Gasteiger partial charge in [0.2, 0.25) is 5.89 Å². The number of aryl methyl sites for hydroxylation is 1. The van der Waals surface area contributed by atoms with E-state index in [9.17, 15) is 0 Å². The zero-order valence-corrected chi connectivity index (χ0v) is 13.3. The second kappa shape index (κ2) is 4.97. The minimum Gasteiger partial charge on any atom is -0.339 e. The number of halogens is 1. The molecule has 2 N–H and O–H groups in total. The minimum atomic E-state index is -0.516. The molecule has 0 bridgehead atoms. The lowest BCUT2D eigenvalue weighted by molar-refractivity contribution is 0.321. The summed E-state index contributed by atoms with van der Waals surface area (Å²) in [5, 5.41) is 4.10. The Morgan fingerprint density at radius 1 is 1.35 bits per heavy atom. The van der Waals surface area contributed by atoms with Crippen molar-refractivity contribution in [2.75, 3.05) is 0 Å². The summed E-state index contributed by atoms with van der Waals surface area (Å²) < 4.78 is 6.42. The van der Waals surface area contributed by atoms with Gasteiger partial charge in [0.05, 0.1) is 5.54 Å². The molecule has 1 unspecified atom stereocenters. The van der Waals surface area contributed by atoms with E-state index < -0.39 is 5.54 Å². The van der Waals surface area contributed by atoms with Crippen molar-refractivity contribution < 1.29 is 4.52 Å². The van der Waals surface area contributed by atoms with Crippen LogP contribution < -0.4 is 5.73 Å². The van der Waals surface area contributed by atoms with Crippen molar-refractivity contribution in [1.82, 2.24) is 10.1 Å². The maximum atomic E-state index is 6.55. The Morgan fingerprint density at radius 3 is 2.85 bits per heavy atom. The number of nitrogens with zero attached hydrogens (tertiary/aromatic N) is 2. The third-order valence-corrected chi connectivity index (χ3v) is 4.39. The summed E-state index contributed by atoms with van der Waals surface area (Å²) in [6, 6.07) is 6.36. The van der Waals surface area contributed by atoms with E-state index in [-0.39, 0.29) is 5.92 Å². The van der Waals surface area contributed by atoms with E-state index in [0.717, 1.165) is 23.7 Å². The zero-order chi connectivity index (χ0) is 14.3. The summed E-state index contributed by atoms with van der Waals surface area (Å²) in [5.74, 6) is 1.52. The molecule has 106 valence electrons. The molecule has 20 heavy (non-hydrogen) atoms. The van der Waals surface area contributed by atoms with Gasteiger partial charge in [0, 0.05) is 10.4 Å². The molecule has 1 aromatic heterocycles. The molecular formula is C15H18BrN3O. The number of aromatic nitrogens is 2. The quantitative estimate of drug-likeness (QED) is 0.914. The predicted octanol–water partition coefficient (Wildman–Crippen LogP) is 3.30. The van der Waals surface area contributed by atoms with Crippen LogP contribution in [0.4, 0.5) is 0 Å². The summed E-state index contributed by atoms with van der Waals surface area (Å²) in [6.07, 6.45) is 2.54. The summed E-state index contributed by atoms with van der Waals surface area (Å²) >= 11 is 3.51. The van der Waals surface area contributed by atoms with Crippen molar-refractivity contribution in [2.24, 2.45) is 5.73 Å². The van der Waals surface area contributed by atoms with Crippen LogP contribution in [0.3, 0.4) is 0 Å². The molecule has 1 heterocycles. The molecule has 1 aliphatic carbocycles. The highest BCUT2D eigenvalue weighted by Gasteiger charge is 2.36. The van der Waals surface area contributed by atoms with Gasteiger partial charge >= 0.3 is 0 Å². The molecule has 1 aromatic carbocycles. The van der Waals surface area contributed by atoms with Crippen LogP contribution in [0, 0.1) is 0 Å². The lowest BCUT2D eigenvalue weighted by Crippen LogP contribution is -2.43.